The Morgan fingerprint density at radius 3 is 2.37 bits per heavy atom. The van der Waals surface area contributed by atoms with Crippen molar-refractivity contribution in [2.45, 2.75) is 32.6 Å². The fourth-order valence-corrected chi connectivity index (χ4v) is 3.50. The smallest absolute Gasteiger partial charge is 0.396 e. The van der Waals surface area contributed by atoms with E-state index >= 15 is 4.39 Å². The highest BCUT2D eigenvalue weighted by molar-refractivity contribution is 6.37. The zero-order valence-electron chi connectivity index (χ0n) is 16.7. The third-order valence-electron chi connectivity index (χ3n) is 5.11. The lowest BCUT2D eigenvalue weighted by atomic mass is 9.77. The van der Waals surface area contributed by atoms with Crippen LogP contribution in [0.25, 0.3) is 5.57 Å². The van der Waals surface area contributed by atoms with Gasteiger partial charge in [-0.3, -0.25) is 19.7 Å². The molecule has 0 radical (unpaired) electrons. The summed E-state index contributed by atoms with van der Waals surface area (Å²) in [5.41, 5.74) is -1.03. The summed E-state index contributed by atoms with van der Waals surface area (Å²) in [6.45, 7) is 5.97. The summed E-state index contributed by atoms with van der Waals surface area (Å²) in [5, 5.41) is 13.1. The van der Waals surface area contributed by atoms with E-state index in [1.165, 1.54) is 6.07 Å². The number of hydrogen-bond acceptors (Lipinski definition) is 7. The van der Waals surface area contributed by atoms with E-state index in [2.05, 4.69) is 11.3 Å². The summed E-state index contributed by atoms with van der Waals surface area (Å²) < 4.78 is 24.4. The van der Waals surface area contributed by atoms with E-state index in [0.717, 1.165) is 13.2 Å². The molecule has 0 aromatic heterocycles. The van der Waals surface area contributed by atoms with Crippen molar-refractivity contribution in [1.82, 2.24) is 0 Å². The summed E-state index contributed by atoms with van der Waals surface area (Å²) in [7, 11) is 0.956. The molecule has 30 heavy (non-hydrogen) atoms. The van der Waals surface area contributed by atoms with Crippen molar-refractivity contribution in [2.75, 3.05) is 19.0 Å². The second kappa shape index (κ2) is 9.95. The number of methoxy groups -OCH3 is 1. The predicted octanol–water partition coefficient (Wildman–Crippen LogP) is 3.23. The Kier molecular flexibility index (Phi) is 7.62. The standard InChI is InChI=1S/C20H23FN2O7/c1-4-30-19(25)13-7-5-12(6-8-13)11(2)14-9-10-15(23(27)28)17(16(14)21)22-18(24)20(26)29-3/h9-10,12-13H,2,4-8H2,1,3H3,(H,22,24)/t12-,13+. The van der Waals surface area contributed by atoms with Gasteiger partial charge in [-0.25, -0.2) is 9.18 Å². The van der Waals surface area contributed by atoms with Crippen LogP contribution < -0.4 is 5.32 Å². The molecule has 1 amide bonds. The van der Waals surface area contributed by atoms with Crippen molar-refractivity contribution in [3.05, 3.63) is 40.2 Å². The van der Waals surface area contributed by atoms with Crippen LogP contribution in [0.4, 0.5) is 15.8 Å². The third kappa shape index (κ3) is 5.00. The Morgan fingerprint density at radius 2 is 1.83 bits per heavy atom. The van der Waals surface area contributed by atoms with Gasteiger partial charge in [0.15, 0.2) is 11.5 Å². The van der Waals surface area contributed by atoms with E-state index in [4.69, 9.17) is 4.74 Å². The molecule has 1 aliphatic carbocycles. The van der Waals surface area contributed by atoms with Crippen molar-refractivity contribution in [1.29, 1.82) is 0 Å². The van der Waals surface area contributed by atoms with E-state index in [9.17, 15) is 24.5 Å². The molecule has 1 aromatic carbocycles. The minimum Gasteiger partial charge on any atom is -0.466 e. The summed E-state index contributed by atoms with van der Waals surface area (Å²) in [5.74, 6) is -4.32. The van der Waals surface area contributed by atoms with Gasteiger partial charge >= 0.3 is 17.8 Å². The van der Waals surface area contributed by atoms with Gasteiger partial charge in [0.05, 0.1) is 24.6 Å². The second-order valence-electron chi connectivity index (χ2n) is 6.85. The quantitative estimate of drug-likeness (QED) is 0.323. The molecule has 0 heterocycles. The molecule has 0 saturated heterocycles. The normalized spacial score (nSPS) is 18.2. The fourth-order valence-electron chi connectivity index (χ4n) is 3.50. The topological polar surface area (TPSA) is 125 Å². The molecule has 0 atom stereocenters. The molecular formula is C20H23FN2O7. The monoisotopic (exact) mass is 422 g/mol. The molecule has 162 valence electrons. The molecule has 0 unspecified atom stereocenters. The van der Waals surface area contributed by atoms with Crippen LogP contribution in [0, 0.1) is 27.8 Å². The maximum absolute atomic E-state index is 15.1. The number of esters is 2. The number of carbonyl (C=O) groups is 3. The maximum Gasteiger partial charge on any atom is 0.396 e. The molecule has 1 saturated carbocycles. The summed E-state index contributed by atoms with van der Waals surface area (Å²) in [6, 6.07) is 2.27. The molecule has 2 rings (SSSR count). The maximum atomic E-state index is 15.1. The fraction of sp³-hybridized carbons (Fsp3) is 0.450. The number of nitro benzene ring substituents is 1. The van der Waals surface area contributed by atoms with E-state index in [-0.39, 0.29) is 23.4 Å². The van der Waals surface area contributed by atoms with E-state index < -0.39 is 34.0 Å². The molecule has 9 nitrogen and oxygen atoms in total. The van der Waals surface area contributed by atoms with Gasteiger partial charge in [0, 0.05) is 11.6 Å². The number of hydrogen-bond donors (Lipinski definition) is 1. The van der Waals surface area contributed by atoms with Crippen molar-refractivity contribution in [3.8, 4) is 0 Å². The zero-order chi connectivity index (χ0) is 22.4. The van der Waals surface area contributed by atoms with Crippen LogP contribution in [0.2, 0.25) is 0 Å². The van der Waals surface area contributed by atoms with Crippen molar-refractivity contribution in [3.63, 3.8) is 0 Å². The number of nitrogens with zero attached hydrogens (tertiary/aromatic N) is 1. The summed E-state index contributed by atoms with van der Waals surface area (Å²) in [6.07, 6.45) is 2.26. The lowest BCUT2D eigenvalue weighted by Crippen LogP contribution is -2.25. The molecular weight excluding hydrogens is 399 g/mol. The first kappa shape index (κ1) is 23.0. The number of carbonyl (C=O) groups excluding carboxylic acids is 3. The minimum absolute atomic E-state index is 0.000325. The van der Waals surface area contributed by atoms with Gasteiger partial charge < -0.3 is 14.8 Å². The number of benzene rings is 1. The molecule has 10 heteroatoms. The minimum atomic E-state index is -1.34. The second-order valence-corrected chi connectivity index (χ2v) is 6.85. The van der Waals surface area contributed by atoms with Crippen molar-refractivity contribution in [2.24, 2.45) is 11.8 Å². The molecule has 0 bridgehead atoms. The number of anilines is 1. The molecule has 1 aliphatic rings. The van der Waals surface area contributed by atoms with Gasteiger partial charge in [-0.15, -0.1) is 0 Å². The average Bonchev–Trinajstić information content (AvgIpc) is 2.73. The van der Waals surface area contributed by atoms with Crippen LogP contribution in [0.15, 0.2) is 18.7 Å². The van der Waals surface area contributed by atoms with Crippen LogP contribution in [0.1, 0.15) is 38.2 Å². The highest BCUT2D eigenvalue weighted by Crippen LogP contribution is 2.40. The first-order valence-electron chi connectivity index (χ1n) is 9.43. The number of nitrogens with one attached hydrogen (secondary N) is 1. The molecule has 1 aromatic rings. The Morgan fingerprint density at radius 1 is 1.23 bits per heavy atom. The van der Waals surface area contributed by atoms with E-state index in [1.54, 1.807) is 6.92 Å². The van der Waals surface area contributed by atoms with Crippen LogP contribution in [0.3, 0.4) is 0 Å². The van der Waals surface area contributed by atoms with Crippen LogP contribution >= 0.6 is 0 Å². The van der Waals surface area contributed by atoms with Gasteiger partial charge in [0.2, 0.25) is 0 Å². The van der Waals surface area contributed by atoms with Gasteiger partial charge in [0.25, 0.3) is 5.69 Å². The van der Waals surface area contributed by atoms with Gasteiger partial charge in [0.1, 0.15) is 0 Å². The highest BCUT2D eigenvalue weighted by atomic mass is 19.1. The Hall–Kier alpha value is -3.30. The van der Waals surface area contributed by atoms with Crippen molar-refractivity contribution < 1.29 is 33.2 Å². The molecule has 0 aliphatic heterocycles. The first-order valence-corrected chi connectivity index (χ1v) is 9.43. The Labute approximate surface area is 172 Å². The Balaban J connectivity index is 2.25. The van der Waals surface area contributed by atoms with Crippen molar-refractivity contribution >= 4 is 34.8 Å². The van der Waals surface area contributed by atoms with E-state index in [1.807, 2.05) is 5.32 Å². The predicted molar refractivity (Wildman–Crippen MR) is 105 cm³/mol. The van der Waals surface area contributed by atoms with Crippen LogP contribution in [0.5, 0.6) is 0 Å². The average molecular weight is 422 g/mol. The first-order chi connectivity index (χ1) is 14.2. The summed E-state index contributed by atoms with van der Waals surface area (Å²) in [4.78, 5) is 45.3. The molecule has 0 spiro atoms. The Bertz CT molecular complexity index is 876. The summed E-state index contributed by atoms with van der Waals surface area (Å²) >= 11 is 0. The largest absolute Gasteiger partial charge is 0.466 e. The number of nitro groups is 1. The van der Waals surface area contributed by atoms with Gasteiger partial charge in [-0.1, -0.05) is 6.58 Å². The highest BCUT2D eigenvalue weighted by Gasteiger charge is 2.32. The lowest BCUT2D eigenvalue weighted by Gasteiger charge is -2.29. The van der Waals surface area contributed by atoms with Gasteiger partial charge in [-0.2, -0.15) is 0 Å². The zero-order valence-corrected chi connectivity index (χ0v) is 16.7. The lowest BCUT2D eigenvalue weighted by molar-refractivity contribution is -0.384. The molecule has 1 N–H and O–H groups in total. The SMILES string of the molecule is C=C(c1ccc([N+](=O)[O-])c(NC(=O)C(=O)OC)c1F)[C@H]1CC[C@@H](C(=O)OCC)CC1. The molecule has 1 fully saturated rings. The number of rotatable bonds is 6. The third-order valence-corrected chi connectivity index (χ3v) is 5.11. The van der Waals surface area contributed by atoms with Crippen LogP contribution in [-0.2, 0) is 23.9 Å². The number of halogens is 1. The van der Waals surface area contributed by atoms with Gasteiger partial charge in [-0.05, 0) is 50.2 Å². The number of amides is 1. The van der Waals surface area contributed by atoms with E-state index in [0.29, 0.717) is 37.9 Å². The number of allylic oxidation sites excluding steroid dienone is 1. The number of ether oxygens (including phenoxy) is 2. The van der Waals surface area contributed by atoms with Crippen LogP contribution in [-0.4, -0.2) is 36.5 Å².